The van der Waals surface area contributed by atoms with Gasteiger partial charge in [-0.05, 0) is 43.9 Å². The van der Waals surface area contributed by atoms with E-state index in [1.807, 2.05) is 6.92 Å². The molecule has 1 aromatic heterocycles. The molecule has 1 heterocycles. The van der Waals surface area contributed by atoms with E-state index in [0.717, 1.165) is 18.7 Å². The van der Waals surface area contributed by atoms with Gasteiger partial charge in [-0.3, -0.25) is 4.79 Å². The fourth-order valence-corrected chi connectivity index (χ4v) is 2.64. The van der Waals surface area contributed by atoms with Crippen LogP contribution in [0.25, 0.3) is 0 Å². The SMILES string of the molecule is CCn1ncnc1[C@@H](NC(=O)c1ccc(OC)c(O)c1)C1CC1. The average molecular weight is 316 g/mol. The van der Waals surface area contributed by atoms with E-state index in [-0.39, 0.29) is 17.7 Å². The second-order valence-corrected chi connectivity index (χ2v) is 5.61. The highest BCUT2D eigenvalue weighted by Gasteiger charge is 2.36. The monoisotopic (exact) mass is 316 g/mol. The Labute approximate surface area is 134 Å². The molecular weight excluding hydrogens is 296 g/mol. The summed E-state index contributed by atoms with van der Waals surface area (Å²) in [6, 6.07) is 4.45. The molecule has 0 unspecified atom stereocenters. The first-order chi connectivity index (χ1) is 11.1. The maximum Gasteiger partial charge on any atom is 0.252 e. The fourth-order valence-electron chi connectivity index (χ4n) is 2.64. The van der Waals surface area contributed by atoms with Gasteiger partial charge in [0, 0.05) is 12.1 Å². The first-order valence-corrected chi connectivity index (χ1v) is 7.69. The number of phenols is 1. The van der Waals surface area contributed by atoms with E-state index in [0.29, 0.717) is 23.8 Å². The van der Waals surface area contributed by atoms with E-state index >= 15 is 0 Å². The number of methoxy groups -OCH3 is 1. The lowest BCUT2D eigenvalue weighted by molar-refractivity contribution is 0.0928. The van der Waals surface area contributed by atoms with Crippen LogP contribution >= 0.6 is 0 Å². The number of ether oxygens (including phenoxy) is 1. The van der Waals surface area contributed by atoms with Crippen LogP contribution in [-0.2, 0) is 6.54 Å². The van der Waals surface area contributed by atoms with Crippen molar-refractivity contribution in [1.82, 2.24) is 20.1 Å². The lowest BCUT2D eigenvalue weighted by atomic mass is 10.1. The van der Waals surface area contributed by atoms with E-state index in [1.54, 1.807) is 16.8 Å². The maximum absolute atomic E-state index is 12.5. The number of aromatic nitrogens is 3. The number of hydrogen-bond acceptors (Lipinski definition) is 5. The van der Waals surface area contributed by atoms with Gasteiger partial charge in [-0.25, -0.2) is 9.67 Å². The Hall–Kier alpha value is -2.57. The number of phenolic OH excluding ortho intramolecular Hbond substituents is 1. The van der Waals surface area contributed by atoms with Crippen LogP contribution in [0.3, 0.4) is 0 Å². The summed E-state index contributed by atoms with van der Waals surface area (Å²) in [5, 5.41) is 17.0. The van der Waals surface area contributed by atoms with E-state index in [1.165, 1.54) is 19.5 Å². The fraction of sp³-hybridized carbons (Fsp3) is 0.438. The normalized spacial score (nSPS) is 15.2. The lowest BCUT2D eigenvalue weighted by Crippen LogP contribution is -2.32. The first-order valence-electron chi connectivity index (χ1n) is 7.69. The number of nitrogens with zero attached hydrogens (tertiary/aromatic N) is 3. The Morgan fingerprint density at radius 1 is 1.52 bits per heavy atom. The van der Waals surface area contributed by atoms with Gasteiger partial charge in [0.05, 0.1) is 13.2 Å². The number of benzene rings is 1. The van der Waals surface area contributed by atoms with E-state index in [9.17, 15) is 9.90 Å². The van der Waals surface area contributed by atoms with Gasteiger partial charge in [-0.2, -0.15) is 5.10 Å². The second kappa shape index (κ2) is 6.28. The summed E-state index contributed by atoms with van der Waals surface area (Å²) in [7, 11) is 1.47. The minimum atomic E-state index is -0.245. The molecule has 1 atom stereocenters. The van der Waals surface area contributed by atoms with Crippen molar-refractivity contribution in [3.05, 3.63) is 35.9 Å². The van der Waals surface area contributed by atoms with Gasteiger partial charge in [0.25, 0.3) is 5.91 Å². The molecule has 0 spiro atoms. The minimum Gasteiger partial charge on any atom is -0.504 e. The summed E-state index contributed by atoms with van der Waals surface area (Å²) in [6.07, 6.45) is 3.64. The van der Waals surface area contributed by atoms with Gasteiger partial charge in [0.2, 0.25) is 0 Å². The molecule has 1 amide bonds. The van der Waals surface area contributed by atoms with Gasteiger partial charge in [0.1, 0.15) is 12.2 Å². The van der Waals surface area contributed by atoms with Crippen LogP contribution in [0, 0.1) is 5.92 Å². The van der Waals surface area contributed by atoms with Crippen LogP contribution in [0.5, 0.6) is 11.5 Å². The van der Waals surface area contributed by atoms with Crippen molar-refractivity contribution in [1.29, 1.82) is 0 Å². The summed E-state index contributed by atoms with van der Waals surface area (Å²) in [5.74, 6) is 1.21. The Kier molecular flexibility index (Phi) is 4.18. The highest BCUT2D eigenvalue weighted by molar-refractivity contribution is 5.95. The Morgan fingerprint density at radius 2 is 2.30 bits per heavy atom. The van der Waals surface area contributed by atoms with Gasteiger partial charge in [-0.15, -0.1) is 0 Å². The minimum absolute atomic E-state index is 0.0557. The third-order valence-corrected chi connectivity index (χ3v) is 4.04. The molecule has 7 heteroatoms. The van der Waals surface area contributed by atoms with Crippen molar-refractivity contribution < 1.29 is 14.6 Å². The number of carbonyl (C=O) groups excluding carboxylic acids is 1. The number of aryl methyl sites for hydroxylation is 1. The van der Waals surface area contributed by atoms with Crippen molar-refractivity contribution >= 4 is 5.91 Å². The summed E-state index contributed by atoms with van der Waals surface area (Å²) < 4.78 is 6.80. The largest absolute Gasteiger partial charge is 0.504 e. The predicted molar refractivity (Wildman–Crippen MR) is 83.3 cm³/mol. The standard InChI is InChI=1S/C16H20N4O3/c1-3-20-15(17-9-18-20)14(10-4-5-10)19-16(22)11-6-7-13(23-2)12(21)8-11/h6-10,14,21H,3-5H2,1-2H3,(H,19,22)/t14-/m0/s1. The zero-order valence-electron chi connectivity index (χ0n) is 13.2. The molecule has 2 aromatic rings. The van der Waals surface area contributed by atoms with Crippen LogP contribution in [0.2, 0.25) is 0 Å². The van der Waals surface area contributed by atoms with E-state index < -0.39 is 0 Å². The number of carbonyl (C=O) groups is 1. The predicted octanol–water partition coefficient (Wildman–Crippen LogP) is 1.89. The molecule has 23 heavy (non-hydrogen) atoms. The highest BCUT2D eigenvalue weighted by atomic mass is 16.5. The lowest BCUT2D eigenvalue weighted by Gasteiger charge is -2.18. The molecule has 0 radical (unpaired) electrons. The smallest absolute Gasteiger partial charge is 0.252 e. The molecule has 1 aliphatic rings. The number of amides is 1. The van der Waals surface area contributed by atoms with Crippen LogP contribution in [0.15, 0.2) is 24.5 Å². The first kappa shape index (κ1) is 15.3. The molecule has 7 nitrogen and oxygen atoms in total. The Bertz CT molecular complexity index is 709. The summed E-state index contributed by atoms with van der Waals surface area (Å²) in [6.45, 7) is 2.70. The van der Waals surface area contributed by atoms with Crippen LogP contribution in [0.1, 0.15) is 42.0 Å². The van der Waals surface area contributed by atoms with Gasteiger partial charge < -0.3 is 15.2 Å². The topological polar surface area (TPSA) is 89.3 Å². The third-order valence-electron chi connectivity index (χ3n) is 4.04. The number of aromatic hydroxyl groups is 1. The molecule has 3 rings (SSSR count). The van der Waals surface area contributed by atoms with Crippen molar-refractivity contribution in [3.63, 3.8) is 0 Å². The maximum atomic E-state index is 12.5. The molecule has 0 saturated heterocycles. The van der Waals surface area contributed by atoms with Gasteiger partial charge in [0.15, 0.2) is 11.5 Å². The molecule has 1 aliphatic carbocycles. The van der Waals surface area contributed by atoms with Crippen molar-refractivity contribution in [2.75, 3.05) is 7.11 Å². The van der Waals surface area contributed by atoms with Crippen molar-refractivity contribution in [3.8, 4) is 11.5 Å². The van der Waals surface area contributed by atoms with E-state index in [2.05, 4.69) is 15.4 Å². The third kappa shape index (κ3) is 3.13. The molecule has 0 bridgehead atoms. The molecule has 1 fully saturated rings. The molecule has 1 saturated carbocycles. The van der Waals surface area contributed by atoms with Crippen molar-refractivity contribution in [2.24, 2.45) is 5.92 Å². The van der Waals surface area contributed by atoms with E-state index in [4.69, 9.17) is 4.74 Å². The van der Waals surface area contributed by atoms with Gasteiger partial charge in [-0.1, -0.05) is 0 Å². The Morgan fingerprint density at radius 3 is 2.91 bits per heavy atom. The number of nitrogens with one attached hydrogen (secondary N) is 1. The quantitative estimate of drug-likeness (QED) is 0.849. The van der Waals surface area contributed by atoms with Crippen LogP contribution in [0.4, 0.5) is 0 Å². The van der Waals surface area contributed by atoms with Crippen molar-refractivity contribution in [2.45, 2.75) is 32.4 Å². The second-order valence-electron chi connectivity index (χ2n) is 5.61. The summed E-state index contributed by atoms with van der Waals surface area (Å²) >= 11 is 0. The molecule has 1 aromatic carbocycles. The molecule has 122 valence electrons. The molecule has 0 aliphatic heterocycles. The van der Waals surface area contributed by atoms with Crippen LogP contribution in [-0.4, -0.2) is 32.9 Å². The van der Waals surface area contributed by atoms with Crippen LogP contribution < -0.4 is 10.1 Å². The number of rotatable bonds is 6. The average Bonchev–Trinajstić information content (AvgIpc) is 3.29. The Balaban J connectivity index is 1.80. The zero-order valence-corrected chi connectivity index (χ0v) is 13.2. The highest BCUT2D eigenvalue weighted by Crippen LogP contribution is 2.40. The van der Waals surface area contributed by atoms with Gasteiger partial charge >= 0.3 is 0 Å². The summed E-state index contributed by atoms with van der Waals surface area (Å²) in [5.41, 5.74) is 0.386. The zero-order chi connectivity index (χ0) is 16.4. The molecule has 2 N–H and O–H groups in total. The molecular formula is C16H20N4O3. The number of hydrogen-bond donors (Lipinski definition) is 2. The summed E-state index contributed by atoms with van der Waals surface area (Å²) in [4.78, 5) is 16.8.